The Bertz CT molecular complexity index is 989. The summed E-state index contributed by atoms with van der Waals surface area (Å²) >= 11 is 0. The minimum Gasteiger partial charge on any atom is -0.491 e. The third-order valence-electron chi connectivity index (χ3n) is 4.82. The fraction of sp³-hybridized carbons (Fsp3) is 0.455. The van der Waals surface area contributed by atoms with Gasteiger partial charge in [-0.25, -0.2) is 4.39 Å². The topological polar surface area (TPSA) is 82.1 Å². The second-order valence-electron chi connectivity index (χ2n) is 7.95. The first-order valence-corrected chi connectivity index (χ1v) is 11.7. The molecule has 0 aliphatic rings. The summed E-state index contributed by atoms with van der Waals surface area (Å²) in [7, 11) is -3.65. The molecule has 0 saturated heterocycles. The summed E-state index contributed by atoms with van der Waals surface area (Å²) in [5, 5.41) is 9.74. The molecule has 0 radical (unpaired) electrons. The fourth-order valence-electron chi connectivity index (χ4n) is 2.81. The largest absolute Gasteiger partial charge is 0.491 e. The minimum absolute atomic E-state index is 0.128. The van der Waals surface area contributed by atoms with Crippen LogP contribution in [0.25, 0.3) is 0 Å². The van der Waals surface area contributed by atoms with E-state index in [9.17, 15) is 31.1 Å². The van der Waals surface area contributed by atoms with E-state index in [0.29, 0.717) is 5.75 Å². The van der Waals surface area contributed by atoms with Crippen LogP contribution in [0.15, 0.2) is 48.5 Å². The van der Waals surface area contributed by atoms with E-state index < -0.39 is 47.2 Å². The second kappa shape index (κ2) is 10.7. The van der Waals surface area contributed by atoms with Crippen molar-refractivity contribution < 1.29 is 44.7 Å². The molecule has 0 aromatic heterocycles. The predicted octanol–water partition coefficient (Wildman–Crippen LogP) is 4.01. The number of hydrogen-bond acceptors (Lipinski definition) is 6. The van der Waals surface area contributed by atoms with Gasteiger partial charge in [-0.3, -0.25) is 4.18 Å². The zero-order valence-corrected chi connectivity index (χ0v) is 19.1. The van der Waals surface area contributed by atoms with Crippen LogP contribution >= 0.6 is 0 Å². The first-order valence-electron chi connectivity index (χ1n) is 9.88. The zero-order chi connectivity index (χ0) is 24.9. The Kier molecular flexibility index (Phi) is 8.72. The van der Waals surface area contributed by atoms with E-state index >= 15 is 0 Å². The van der Waals surface area contributed by atoms with Gasteiger partial charge in [-0.1, -0.05) is 38.1 Å². The van der Waals surface area contributed by atoms with Crippen molar-refractivity contribution in [3.8, 4) is 11.5 Å². The standard InChI is InChI=1S/C22H26F4O6S/c1-21(2,16-6-10-19(11-7-16)31-14-20(23)22(24,25)26)15-4-8-18(9-5-15)30-12-17(27)13-32-33(3,28)29/h4-11,17,20,27H,12-14H2,1-3H3. The monoisotopic (exact) mass is 494 g/mol. The highest BCUT2D eigenvalue weighted by atomic mass is 32.2. The average molecular weight is 495 g/mol. The van der Waals surface area contributed by atoms with E-state index in [1.54, 1.807) is 24.3 Å². The van der Waals surface area contributed by atoms with Crippen LogP contribution in [0, 0.1) is 0 Å². The van der Waals surface area contributed by atoms with Crippen LogP contribution in [0.1, 0.15) is 25.0 Å². The number of aliphatic hydroxyl groups is 1. The van der Waals surface area contributed by atoms with Gasteiger partial charge in [0.2, 0.25) is 6.17 Å². The number of alkyl halides is 4. The first kappa shape index (κ1) is 26.9. The number of halogens is 4. The van der Waals surface area contributed by atoms with Crippen molar-refractivity contribution in [1.82, 2.24) is 0 Å². The van der Waals surface area contributed by atoms with Crippen LogP contribution in [0.5, 0.6) is 11.5 Å². The number of ether oxygens (including phenoxy) is 2. The number of rotatable bonds is 11. The molecule has 2 aromatic carbocycles. The molecule has 0 saturated carbocycles. The van der Waals surface area contributed by atoms with Gasteiger partial charge >= 0.3 is 6.18 Å². The quantitative estimate of drug-likeness (QED) is 0.376. The van der Waals surface area contributed by atoms with Crippen molar-refractivity contribution in [1.29, 1.82) is 0 Å². The van der Waals surface area contributed by atoms with Crippen LogP contribution in [0.2, 0.25) is 0 Å². The normalized spacial score (nSPS) is 14.5. The molecule has 1 N–H and O–H groups in total. The number of aliphatic hydroxyl groups excluding tert-OH is 1. The summed E-state index contributed by atoms with van der Waals surface area (Å²) in [5.74, 6) is 0.589. The summed E-state index contributed by atoms with van der Waals surface area (Å²) in [5.41, 5.74) is 1.28. The molecule has 0 aliphatic carbocycles. The van der Waals surface area contributed by atoms with Crippen molar-refractivity contribution >= 4 is 10.1 Å². The Balaban J connectivity index is 1.96. The van der Waals surface area contributed by atoms with Gasteiger partial charge in [0, 0.05) is 5.41 Å². The minimum atomic E-state index is -4.96. The third kappa shape index (κ3) is 8.49. The fourth-order valence-corrected chi connectivity index (χ4v) is 3.21. The Labute approximate surface area is 190 Å². The van der Waals surface area contributed by atoms with Crippen molar-refractivity contribution in [2.24, 2.45) is 0 Å². The molecule has 0 bridgehead atoms. The Morgan fingerprint density at radius 3 is 1.67 bits per heavy atom. The molecule has 0 spiro atoms. The smallest absolute Gasteiger partial charge is 0.423 e. The lowest BCUT2D eigenvalue weighted by Gasteiger charge is -2.26. The highest BCUT2D eigenvalue weighted by Gasteiger charge is 2.40. The molecule has 6 nitrogen and oxygen atoms in total. The Morgan fingerprint density at radius 2 is 1.27 bits per heavy atom. The molecule has 0 aliphatic heterocycles. The Morgan fingerprint density at radius 1 is 0.848 bits per heavy atom. The molecule has 2 aromatic rings. The SMILES string of the molecule is CC(C)(c1ccc(OCC(O)COS(C)(=O)=O)cc1)c1ccc(OCC(F)C(F)(F)F)cc1. The lowest BCUT2D eigenvalue weighted by Crippen LogP contribution is -2.30. The summed E-state index contributed by atoms with van der Waals surface area (Å²) in [6.45, 7) is 2.22. The van der Waals surface area contributed by atoms with Gasteiger partial charge in [0.25, 0.3) is 10.1 Å². The van der Waals surface area contributed by atoms with Crippen LogP contribution in [0.3, 0.4) is 0 Å². The van der Waals surface area contributed by atoms with Gasteiger partial charge in [-0.2, -0.15) is 21.6 Å². The van der Waals surface area contributed by atoms with Crippen molar-refractivity contribution in [3.05, 3.63) is 59.7 Å². The van der Waals surface area contributed by atoms with Crippen molar-refractivity contribution in [2.45, 2.75) is 37.7 Å². The van der Waals surface area contributed by atoms with Gasteiger partial charge in [-0.15, -0.1) is 0 Å². The summed E-state index contributed by atoms with van der Waals surface area (Å²) in [6, 6.07) is 13.4. The molecule has 2 atom stereocenters. The molecule has 0 amide bonds. The molecule has 2 rings (SSSR count). The Hall–Kier alpha value is -2.37. The van der Waals surface area contributed by atoms with Crippen molar-refractivity contribution in [3.63, 3.8) is 0 Å². The zero-order valence-electron chi connectivity index (χ0n) is 18.3. The number of benzene rings is 2. The maximum Gasteiger partial charge on any atom is 0.423 e. The van der Waals surface area contributed by atoms with Gasteiger partial charge in [0.1, 0.15) is 30.8 Å². The van der Waals surface area contributed by atoms with Gasteiger partial charge in [0.05, 0.1) is 12.9 Å². The van der Waals surface area contributed by atoms with E-state index in [4.69, 9.17) is 9.47 Å². The van der Waals surface area contributed by atoms with Crippen LogP contribution < -0.4 is 9.47 Å². The molecular weight excluding hydrogens is 468 g/mol. The van der Waals surface area contributed by atoms with E-state index in [0.717, 1.165) is 17.4 Å². The maximum absolute atomic E-state index is 13.0. The summed E-state index contributed by atoms with van der Waals surface area (Å²) in [4.78, 5) is 0. The maximum atomic E-state index is 13.0. The van der Waals surface area contributed by atoms with Crippen LogP contribution in [-0.2, 0) is 19.7 Å². The van der Waals surface area contributed by atoms with Crippen LogP contribution in [0.4, 0.5) is 17.6 Å². The highest BCUT2D eigenvalue weighted by molar-refractivity contribution is 7.85. The molecule has 33 heavy (non-hydrogen) atoms. The number of hydrogen-bond donors (Lipinski definition) is 1. The van der Waals surface area contributed by atoms with Crippen LogP contribution in [-0.4, -0.2) is 58.1 Å². The van der Waals surface area contributed by atoms with Crippen molar-refractivity contribution in [2.75, 3.05) is 26.1 Å². The van der Waals surface area contributed by atoms with E-state index in [2.05, 4.69) is 4.18 Å². The van der Waals surface area contributed by atoms with Gasteiger partial charge in [-0.05, 0) is 35.4 Å². The lowest BCUT2D eigenvalue weighted by atomic mass is 9.78. The predicted molar refractivity (Wildman–Crippen MR) is 114 cm³/mol. The summed E-state index contributed by atoms with van der Waals surface area (Å²) < 4.78 is 86.5. The highest BCUT2D eigenvalue weighted by Crippen LogP contribution is 2.33. The third-order valence-corrected chi connectivity index (χ3v) is 5.38. The molecular formula is C22H26F4O6S. The van der Waals surface area contributed by atoms with E-state index in [1.165, 1.54) is 12.1 Å². The molecule has 2 unspecified atom stereocenters. The second-order valence-corrected chi connectivity index (χ2v) is 9.59. The first-order chi connectivity index (χ1) is 15.2. The van der Waals surface area contributed by atoms with Gasteiger partial charge in [0.15, 0.2) is 0 Å². The lowest BCUT2D eigenvalue weighted by molar-refractivity contribution is -0.187. The average Bonchev–Trinajstić information content (AvgIpc) is 2.74. The van der Waals surface area contributed by atoms with E-state index in [-0.39, 0.29) is 12.4 Å². The molecule has 0 heterocycles. The van der Waals surface area contributed by atoms with Gasteiger partial charge < -0.3 is 14.6 Å². The molecule has 184 valence electrons. The summed E-state index contributed by atoms with van der Waals surface area (Å²) in [6.07, 6.45) is -8.25. The molecule has 0 fully saturated rings. The van der Waals surface area contributed by atoms with E-state index in [1.807, 2.05) is 26.0 Å². The molecule has 11 heteroatoms.